The number of ether oxygens (including phenoxy) is 1. The number of benzene rings is 1. The Morgan fingerprint density at radius 2 is 1.68 bits per heavy atom. The zero-order valence-corrected chi connectivity index (χ0v) is 14.5. The lowest BCUT2D eigenvalue weighted by Gasteiger charge is -2.27. The number of hydrogen-bond acceptors (Lipinski definition) is 6. The van der Waals surface area contributed by atoms with Crippen molar-refractivity contribution in [2.24, 2.45) is 0 Å². The molecule has 0 aliphatic carbocycles. The first-order valence-electron chi connectivity index (χ1n) is 7.95. The van der Waals surface area contributed by atoms with Crippen molar-refractivity contribution >= 4 is 21.1 Å². The molecule has 2 aliphatic heterocycles. The van der Waals surface area contributed by atoms with Crippen LogP contribution in [-0.4, -0.2) is 60.9 Å². The summed E-state index contributed by atoms with van der Waals surface area (Å²) in [5, 5.41) is 0. The number of aromatic amines is 2. The molecule has 0 atom stereocenters. The molecule has 134 valence electrons. The van der Waals surface area contributed by atoms with Crippen LogP contribution in [0.3, 0.4) is 0 Å². The lowest BCUT2D eigenvalue weighted by molar-refractivity contribution is 0.0730. The van der Waals surface area contributed by atoms with Crippen molar-refractivity contribution in [3.63, 3.8) is 0 Å². The van der Waals surface area contributed by atoms with Gasteiger partial charge in [0.15, 0.2) is 0 Å². The molecule has 0 amide bonds. The summed E-state index contributed by atoms with van der Waals surface area (Å²) in [5.74, 6) is 0. The van der Waals surface area contributed by atoms with Gasteiger partial charge in [-0.25, -0.2) is 8.42 Å². The summed E-state index contributed by atoms with van der Waals surface area (Å²) in [6.07, 6.45) is 0. The summed E-state index contributed by atoms with van der Waals surface area (Å²) in [5.41, 5.74) is 0.682. The van der Waals surface area contributed by atoms with E-state index in [1.54, 1.807) is 0 Å². The van der Waals surface area contributed by atoms with E-state index < -0.39 is 21.1 Å². The molecule has 0 bridgehead atoms. The molecule has 1 aromatic heterocycles. The fourth-order valence-electron chi connectivity index (χ4n) is 3.44. The van der Waals surface area contributed by atoms with E-state index in [1.165, 1.54) is 10.4 Å². The molecule has 0 spiro atoms. The number of hydrogen-bond donors (Lipinski definition) is 2. The molecule has 1 aromatic carbocycles. The number of morpholine rings is 1. The number of sulfonamides is 1. The molecular weight excluding hydrogens is 348 g/mol. The minimum Gasteiger partial charge on any atom is -0.379 e. The number of rotatable bonds is 2. The maximum Gasteiger partial charge on any atom is 0.314 e. The van der Waals surface area contributed by atoms with E-state index >= 15 is 0 Å². The van der Waals surface area contributed by atoms with Crippen molar-refractivity contribution in [3.05, 3.63) is 37.9 Å². The maximum absolute atomic E-state index is 13.1. The maximum atomic E-state index is 13.1. The molecule has 2 aliphatic rings. The van der Waals surface area contributed by atoms with Gasteiger partial charge in [0.1, 0.15) is 0 Å². The largest absolute Gasteiger partial charge is 0.379 e. The standard InChI is InChI=1S/C15H18N4O5S/c1-18-7-9-10(8-18)13-11(16-14(20)15(21)17-13)6-12(9)25(22,23)19-2-4-24-5-3-19/h6H,2-5,7-8H2,1H3,(H,16,20)(H,17,21). The fraction of sp³-hybridized carbons (Fsp3) is 0.467. The third kappa shape index (κ3) is 2.61. The molecule has 0 unspecified atom stereocenters. The van der Waals surface area contributed by atoms with Gasteiger partial charge < -0.3 is 14.7 Å². The van der Waals surface area contributed by atoms with Crippen molar-refractivity contribution in [3.8, 4) is 0 Å². The Balaban J connectivity index is 1.98. The van der Waals surface area contributed by atoms with Crippen LogP contribution in [0.25, 0.3) is 11.0 Å². The van der Waals surface area contributed by atoms with Crippen LogP contribution in [0.5, 0.6) is 0 Å². The summed E-state index contributed by atoms with van der Waals surface area (Å²) in [4.78, 5) is 30.6. The molecule has 1 fully saturated rings. The van der Waals surface area contributed by atoms with E-state index in [0.29, 0.717) is 56.0 Å². The Hall–Kier alpha value is -2.01. The molecule has 25 heavy (non-hydrogen) atoms. The van der Waals surface area contributed by atoms with Gasteiger partial charge in [-0.3, -0.25) is 14.5 Å². The van der Waals surface area contributed by atoms with Crippen LogP contribution in [0.1, 0.15) is 11.1 Å². The van der Waals surface area contributed by atoms with E-state index in [1.807, 2.05) is 11.9 Å². The monoisotopic (exact) mass is 366 g/mol. The SMILES string of the molecule is CN1Cc2c(S(=O)(=O)N3CCOCC3)cc3[nH]c(=O)c(=O)[nH]c3c2C1. The van der Waals surface area contributed by atoms with Gasteiger partial charge in [0.2, 0.25) is 10.0 Å². The second kappa shape index (κ2) is 5.77. The number of nitrogens with zero attached hydrogens (tertiary/aromatic N) is 2. The Kier molecular flexibility index (Phi) is 3.80. The van der Waals surface area contributed by atoms with Gasteiger partial charge in [0, 0.05) is 26.2 Å². The molecule has 9 nitrogen and oxygen atoms in total. The highest BCUT2D eigenvalue weighted by molar-refractivity contribution is 7.89. The number of fused-ring (bicyclic) bond motifs is 3. The van der Waals surface area contributed by atoms with Crippen molar-refractivity contribution in [2.75, 3.05) is 33.4 Å². The summed E-state index contributed by atoms with van der Waals surface area (Å²) >= 11 is 0. The minimum absolute atomic E-state index is 0.184. The van der Waals surface area contributed by atoms with Crippen LogP contribution in [-0.2, 0) is 27.8 Å². The van der Waals surface area contributed by atoms with Crippen LogP contribution >= 0.6 is 0 Å². The summed E-state index contributed by atoms with van der Waals surface area (Å²) in [6, 6.07) is 1.45. The summed E-state index contributed by atoms with van der Waals surface area (Å²) in [7, 11) is -1.84. The van der Waals surface area contributed by atoms with E-state index in [-0.39, 0.29) is 4.90 Å². The zero-order valence-electron chi connectivity index (χ0n) is 13.7. The fourth-order valence-corrected chi connectivity index (χ4v) is 5.12. The summed E-state index contributed by atoms with van der Waals surface area (Å²) < 4.78 is 32.9. The first-order chi connectivity index (χ1) is 11.9. The number of aromatic nitrogens is 2. The van der Waals surface area contributed by atoms with Gasteiger partial charge in [-0.2, -0.15) is 4.31 Å². The first kappa shape index (κ1) is 16.5. The van der Waals surface area contributed by atoms with Crippen molar-refractivity contribution in [1.29, 1.82) is 0 Å². The van der Waals surface area contributed by atoms with Gasteiger partial charge in [-0.15, -0.1) is 0 Å². The normalized spacial score (nSPS) is 19.4. The Labute approximate surface area is 143 Å². The van der Waals surface area contributed by atoms with Gasteiger partial charge in [-0.1, -0.05) is 0 Å². The predicted octanol–water partition coefficient (Wildman–Crippen LogP) is -0.817. The second-order valence-corrected chi connectivity index (χ2v) is 8.26. The van der Waals surface area contributed by atoms with E-state index in [0.717, 1.165) is 5.56 Å². The molecule has 0 radical (unpaired) electrons. The topological polar surface area (TPSA) is 116 Å². The van der Waals surface area contributed by atoms with Crippen molar-refractivity contribution < 1.29 is 13.2 Å². The highest BCUT2D eigenvalue weighted by atomic mass is 32.2. The number of H-pyrrole nitrogens is 2. The van der Waals surface area contributed by atoms with Crippen LogP contribution in [0.15, 0.2) is 20.6 Å². The third-order valence-electron chi connectivity index (χ3n) is 4.65. The zero-order chi connectivity index (χ0) is 17.8. The van der Waals surface area contributed by atoms with Gasteiger partial charge >= 0.3 is 11.1 Å². The van der Waals surface area contributed by atoms with E-state index in [9.17, 15) is 18.0 Å². The first-order valence-corrected chi connectivity index (χ1v) is 9.39. The summed E-state index contributed by atoms with van der Waals surface area (Å²) in [6.45, 7) is 2.28. The average Bonchev–Trinajstić information content (AvgIpc) is 2.98. The lowest BCUT2D eigenvalue weighted by Crippen LogP contribution is -2.41. The second-order valence-electron chi connectivity index (χ2n) is 6.35. The van der Waals surface area contributed by atoms with E-state index in [4.69, 9.17) is 4.74 Å². The van der Waals surface area contributed by atoms with Crippen molar-refractivity contribution in [2.45, 2.75) is 18.0 Å². The lowest BCUT2D eigenvalue weighted by atomic mass is 10.1. The van der Waals surface area contributed by atoms with Crippen LogP contribution in [0, 0.1) is 0 Å². The van der Waals surface area contributed by atoms with Crippen molar-refractivity contribution in [1.82, 2.24) is 19.2 Å². The van der Waals surface area contributed by atoms with Crippen LogP contribution < -0.4 is 11.1 Å². The molecule has 1 saturated heterocycles. The Morgan fingerprint density at radius 3 is 2.40 bits per heavy atom. The molecule has 2 N–H and O–H groups in total. The Bertz CT molecular complexity index is 1070. The number of nitrogens with one attached hydrogen (secondary N) is 2. The van der Waals surface area contributed by atoms with Gasteiger partial charge in [0.25, 0.3) is 0 Å². The molecule has 3 heterocycles. The van der Waals surface area contributed by atoms with E-state index in [2.05, 4.69) is 9.97 Å². The smallest absolute Gasteiger partial charge is 0.314 e. The Morgan fingerprint density at radius 1 is 1.04 bits per heavy atom. The average molecular weight is 366 g/mol. The van der Waals surface area contributed by atoms with Crippen LogP contribution in [0.4, 0.5) is 0 Å². The third-order valence-corrected chi connectivity index (χ3v) is 6.61. The molecule has 10 heteroatoms. The molecule has 2 aromatic rings. The predicted molar refractivity (Wildman–Crippen MR) is 89.9 cm³/mol. The highest BCUT2D eigenvalue weighted by Gasteiger charge is 2.33. The van der Waals surface area contributed by atoms with Gasteiger partial charge in [0.05, 0.1) is 29.1 Å². The van der Waals surface area contributed by atoms with Gasteiger partial charge in [-0.05, 0) is 24.2 Å². The molecular formula is C15H18N4O5S. The van der Waals surface area contributed by atoms with Crippen LogP contribution in [0.2, 0.25) is 0 Å². The molecule has 4 rings (SSSR count). The quantitative estimate of drug-likeness (QED) is 0.671. The highest BCUT2D eigenvalue weighted by Crippen LogP contribution is 2.34. The minimum atomic E-state index is -3.71. The molecule has 0 saturated carbocycles.